The molecule has 0 amide bonds. The predicted octanol–water partition coefficient (Wildman–Crippen LogP) is 24.4. The van der Waals surface area contributed by atoms with E-state index < -0.39 is 0 Å². The standard InChI is InChI=1S/C91H62N6S/c1-54-22-43-80-70(48-54)67-14-6-10-18-77(67)94(80)63-35-27-59(28-36-63)86-75(53-92)90(91-93-76-17-9-13-21-85(76)98-91)89(62-33-41-65(42-34-62)96-79-20-12-8-16-69(79)72-50-56(3)24-45-82(72)96)88(61-31-39-64(40-32-61)95-78-19-11-7-15-68(78)71-49-55(2)23-44-81(71)95)87(86)60-29-37-66(38-30-60)97-83-46-25-57(4)51-73(83)74-52-58(5)26-47-84(74)97/h6-52H,1-5H3. The van der Waals surface area contributed by atoms with Crippen molar-refractivity contribution in [3.05, 3.63) is 318 Å². The summed E-state index contributed by atoms with van der Waals surface area (Å²) in [7, 11) is 0. The third-order valence-electron chi connectivity index (χ3n) is 20.3. The van der Waals surface area contributed by atoms with Crippen LogP contribution in [0.5, 0.6) is 0 Å². The fraction of sp³-hybridized carbons (Fsp3) is 0.0549. The molecule has 0 aliphatic rings. The Labute approximate surface area is 570 Å². The fourth-order valence-electron chi connectivity index (χ4n) is 15.9. The maximum absolute atomic E-state index is 12.6. The number of benzene rings is 14. The van der Waals surface area contributed by atoms with Crippen LogP contribution in [0.3, 0.4) is 0 Å². The molecule has 19 aromatic rings. The Morgan fingerprint density at radius 3 is 0.888 bits per heavy atom. The molecule has 0 N–H and O–H groups in total. The second-order valence-electron chi connectivity index (χ2n) is 26.5. The largest absolute Gasteiger partial charge is 0.309 e. The average Bonchev–Trinajstić information content (AvgIpc) is 1.12. The van der Waals surface area contributed by atoms with Crippen LogP contribution in [0.4, 0.5) is 0 Å². The minimum atomic E-state index is 0.550. The number of para-hydroxylation sites is 4. The summed E-state index contributed by atoms with van der Waals surface area (Å²) in [5.74, 6) is 0. The highest BCUT2D eigenvalue weighted by Gasteiger charge is 2.31. The number of aromatic nitrogens is 5. The molecule has 0 atom stereocenters. The number of nitrogens with zero attached hydrogens (tertiary/aromatic N) is 6. The van der Waals surface area contributed by atoms with Gasteiger partial charge in [0, 0.05) is 82.5 Å². The van der Waals surface area contributed by atoms with E-state index in [0.717, 1.165) is 132 Å². The highest BCUT2D eigenvalue weighted by molar-refractivity contribution is 7.21. The van der Waals surface area contributed by atoms with E-state index >= 15 is 0 Å². The van der Waals surface area contributed by atoms with E-state index in [4.69, 9.17) is 4.98 Å². The first-order valence-electron chi connectivity index (χ1n) is 33.5. The van der Waals surface area contributed by atoms with Crippen molar-refractivity contribution >= 4 is 109 Å². The van der Waals surface area contributed by atoms with Crippen LogP contribution in [-0.2, 0) is 0 Å². The first-order chi connectivity index (χ1) is 48.1. The lowest BCUT2D eigenvalue weighted by atomic mass is 9.77. The van der Waals surface area contributed by atoms with Crippen LogP contribution in [0, 0.1) is 45.9 Å². The molecule has 14 aromatic carbocycles. The topological polar surface area (TPSA) is 56.4 Å². The summed E-state index contributed by atoms with van der Waals surface area (Å²) in [5.41, 5.74) is 29.2. The van der Waals surface area contributed by atoms with Gasteiger partial charge in [0.15, 0.2) is 0 Å². The first kappa shape index (κ1) is 57.1. The van der Waals surface area contributed by atoms with Gasteiger partial charge >= 0.3 is 0 Å². The van der Waals surface area contributed by atoms with Gasteiger partial charge in [0.05, 0.1) is 59.9 Å². The van der Waals surface area contributed by atoms with Gasteiger partial charge in [0.1, 0.15) is 11.1 Å². The molecule has 98 heavy (non-hydrogen) atoms. The molecule has 0 spiro atoms. The highest BCUT2D eigenvalue weighted by atomic mass is 32.1. The van der Waals surface area contributed by atoms with Crippen molar-refractivity contribution in [1.82, 2.24) is 23.3 Å². The molecule has 0 aliphatic carbocycles. The third kappa shape index (κ3) is 8.81. The number of aryl methyl sites for hydroxylation is 5. The normalized spacial score (nSPS) is 11.9. The van der Waals surface area contributed by atoms with E-state index in [9.17, 15) is 5.26 Å². The van der Waals surface area contributed by atoms with Gasteiger partial charge in [-0.15, -0.1) is 11.3 Å². The molecule has 19 rings (SSSR count). The fourth-order valence-corrected chi connectivity index (χ4v) is 17.0. The predicted molar refractivity (Wildman–Crippen MR) is 413 cm³/mol. The van der Waals surface area contributed by atoms with Gasteiger partial charge < -0.3 is 18.3 Å². The van der Waals surface area contributed by atoms with Crippen molar-refractivity contribution in [3.8, 4) is 83.9 Å². The minimum absolute atomic E-state index is 0.550. The molecule has 462 valence electrons. The molecular weight excluding hydrogens is 1210 g/mol. The molecule has 0 unspecified atom stereocenters. The van der Waals surface area contributed by atoms with Crippen molar-refractivity contribution in [1.29, 1.82) is 5.26 Å². The second kappa shape index (κ2) is 22.1. The Morgan fingerprint density at radius 2 is 0.551 bits per heavy atom. The Balaban J connectivity index is 0.922. The quantitative estimate of drug-likeness (QED) is 0.145. The Morgan fingerprint density at radius 1 is 0.276 bits per heavy atom. The van der Waals surface area contributed by atoms with E-state index in [1.165, 1.54) is 70.9 Å². The van der Waals surface area contributed by atoms with Gasteiger partial charge in [-0.2, -0.15) is 5.26 Å². The van der Waals surface area contributed by atoms with Gasteiger partial charge in [-0.3, -0.25) is 0 Å². The van der Waals surface area contributed by atoms with Crippen molar-refractivity contribution in [2.45, 2.75) is 34.6 Å². The molecule has 5 heterocycles. The smallest absolute Gasteiger partial charge is 0.126 e. The monoisotopic (exact) mass is 1270 g/mol. The molecule has 0 radical (unpaired) electrons. The number of hydrogen-bond acceptors (Lipinski definition) is 3. The second-order valence-corrected chi connectivity index (χ2v) is 27.6. The molecule has 7 heteroatoms. The molecule has 0 saturated heterocycles. The molecule has 0 fully saturated rings. The number of fused-ring (bicyclic) bond motifs is 13. The van der Waals surface area contributed by atoms with Gasteiger partial charge in [0.2, 0.25) is 0 Å². The molecule has 0 aliphatic heterocycles. The van der Waals surface area contributed by atoms with Gasteiger partial charge in [0.25, 0.3) is 0 Å². The molecule has 0 bridgehead atoms. The van der Waals surface area contributed by atoms with Crippen LogP contribution in [0.15, 0.2) is 285 Å². The summed E-state index contributed by atoms with van der Waals surface area (Å²) >= 11 is 1.64. The summed E-state index contributed by atoms with van der Waals surface area (Å²) in [5, 5.41) is 23.1. The molecular formula is C91H62N6S. The lowest BCUT2D eigenvalue weighted by Gasteiger charge is -2.26. The zero-order chi connectivity index (χ0) is 65.6. The molecule has 6 nitrogen and oxygen atoms in total. The molecule has 5 aromatic heterocycles. The Hall–Kier alpha value is -12.3. The minimum Gasteiger partial charge on any atom is -0.309 e. The van der Waals surface area contributed by atoms with E-state index in [1.54, 1.807) is 11.3 Å². The Bertz CT molecular complexity index is 6490. The number of thiazole rings is 1. The maximum Gasteiger partial charge on any atom is 0.126 e. The SMILES string of the molecule is Cc1ccc2c(c1)c1ccccc1n2-c1ccc(-c2c(C#N)c(-c3nc4ccccc4s3)c(-c3ccc(-n4c5ccccc5c5cc(C)ccc54)cc3)c(-c3ccc(-n4c5ccccc5c5cc(C)ccc54)cc3)c2-c2ccc(-n3c4ccc(C)cc4c4cc(C)ccc43)cc2)cc1. The lowest BCUT2D eigenvalue weighted by molar-refractivity contribution is 1.18. The number of hydrogen-bond donors (Lipinski definition) is 0. The average molecular weight is 1270 g/mol. The van der Waals surface area contributed by atoms with Crippen LogP contribution in [-0.4, -0.2) is 23.3 Å². The van der Waals surface area contributed by atoms with E-state index in [1.807, 2.05) is 0 Å². The van der Waals surface area contributed by atoms with E-state index in [-0.39, 0.29) is 0 Å². The number of nitriles is 1. The van der Waals surface area contributed by atoms with Crippen LogP contribution < -0.4 is 0 Å². The summed E-state index contributed by atoms with van der Waals surface area (Å²) in [4.78, 5) is 5.56. The van der Waals surface area contributed by atoms with Crippen molar-refractivity contribution < 1.29 is 0 Å². The van der Waals surface area contributed by atoms with Gasteiger partial charge in [-0.05, 0) is 208 Å². The van der Waals surface area contributed by atoms with Crippen molar-refractivity contribution in [2.75, 3.05) is 0 Å². The van der Waals surface area contributed by atoms with Gasteiger partial charge in [-0.1, -0.05) is 173 Å². The number of rotatable bonds is 9. The first-order valence-corrected chi connectivity index (χ1v) is 34.4. The zero-order valence-corrected chi connectivity index (χ0v) is 55.5. The van der Waals surface area contributed by atoms with Crippen LogP contribution >= 0.6 is 11.3 Å². The molecule has 0 saturated carbocycles. The van der Waals surface area contributed by atoms with E-state index in [0.29, 0.717) is 5.56 Å². The lowest BCUT2D eigenvalue weighted by Crippen LogP contribution is -2.03. The zero-order valence-electron chi connectivity index (χ0n) is 54.7. The summed E-state index contributed by atoms with van der Waals surface area (Å²) in [6, 6.07) is 108. The van der Waals surface area contributed by atoms with Crippen molar-refractivity contribution in [2.24, 2.45) is 0 Å². The third-order valence-corrected chi connectivity index (χ3v) is 21.4. The van der Waals surface area contributed by atoms with Crippen molar-refractivity contribution in [3.63, 3.8) is 0 Å². The van der Waals surface area contributed by atoms with Crippen LogP contribution in [0.2, 0.25) is 0 Å². The van der Waals surface area contributed by atoms with Crippen LogP contribution in [0.1, 0.15) is 33.4 Å². The summed E-state index contributed by atoms with van der Waals surface area (Å²) < 4.78 is 10.6. The van der Waals surface area contributed by atoms with Gasteiger partial charge in [-0.25, -0.2) is 4.98 Å². The maximum atomic E-state index is 12.6. The highest BCUT2D eigenvalue weighted by Crippen LogP contribution is 2.55. The van der Waals surface area contributed by atoms with Crippen LogP contribution in [0.25, 0.3) is 175 Å². The van der Waals surface area contributed by atoms with E-state index in [2.05, 4.69) is 344 Å². The Kier molecular flexibility index (Phi) is 12.9. The summed E-state index contributed by atoms with van der Waals surface area (Å²) in [6.07, 6.45) is 0. The summed E-state index contributed by atoms with van der Waals surface area (Å²) in [6.45, 7) is 10.8.